The molecule has 2 rings (SSSR count). The fourth-order valence-electron chi connectivity index (χ4n) is 1.46. The Bertz CT molecular complexity index is 244. The van der Waals surface area contributed by atoms with Crippen molar-refractivity contribution in [3.63, 3.8) is 0 Å². The van der Waals surface area contributed by atoms with Gasteiger partial charge in [-0.1, -0.05) is 0 Å². The van der Waals surface area contributed by atoms with E-state index in [4.69, 9.17) is 4.74 Å². The van der Waals surface area contributed by atoms with Gasteiger partial charge < -0.3 is 10.1 Å². The molecule has 0 spiro atoms. The van der Waals surface area contributed by atoms with Crippen molar-refractivity contribution < 1.29 is 4.74 Å². The summed E-state index contributed by atoms with van der Waals surface area (Å²) in [6.45, 7) is 2.09. The SMILES string of the molecule is [c]1ccc(OC2CCNCC2)nc1. The third-order valence-electron chi connectivity index (χ3n) is 2.16. The van der Waals surface area contributed by atoms with Crippen LogP contribution >= 0.6 is 0 Å². The lowest BCUT2D eigenvalue weighted by molar-refractivity contribution is 0.156. The molecule has 0 bridgehead atoms. The topological polar surface area (TPSA) is 34.1 Å². The number of pyridine rings is 1. The maximum atomic E-state index is 5.68. The van der Waals surface area contributed by atoms with Gasteiger partial charge in [-0.3, -0.25) is 0 Å². The summed E-state index contributed by atoms with van der Waals surface area (Å²) in [5, 5.41) is 3.29. The van der Waals surface area contributed by atoms with Crippen molar-refractivity contribution >= 4 is 0 Å². The summed E-state index contributed by atoms with van der Waals surface area (Å²) in [7, 11) is 0. The van der Waals surface area contributed by atoms with Gasteiger partial charge in [0.1, 0.15) is 6.10 Å². The van der Waals surface area contributed by atoms with Crippen molar-refractivity contribution in [3.8, 4) is 5.88 Å². The highest BCUT2D eigenvalue weighted by atomic mass is 16.5. The molecule has 1 aliphatic rings. The van der Waals surface area contributed by atoms with Gasteiger partial charge in [0, 0.05) is 18.3 Å². The zero-order chi connectivity index (χ0) is 8.93. The zero-order valence-corrected chi connectivity index (χ0v) is 7.49. The van der Waals surface area contributed by atoms with Crippen LogP contribution in [0.4, 0.5) is 0 Å². The number of aromatic nitrogens is 1. The van der Waals surface area contributed by atoms with Crippen LogP contribution in [-0.2, 0) is 0 Å². The van der Waals surface area contributed by atoms with E-state index in [0.29, 0.717) is 12.0 Å². The van der Waals surface area contributed by atoms with Crippen LogP contribution in [0.1, 0.15) is 12.8 Å². The number of ether oxygens (including phenoxy) is 1. The van der Waals surface area contributed by atoms with E-state index < -0.39 is 0 Å². The van der Waals surface area contributed by atoms with Crippen LogP contribution in [-0.4, -0.2) is 24.2 Å². The largest absolute Gasteiger partial charge is 0.474 e. The predicted molar refractivity (Wildman–Crippen MR) is 49.6 cm³/mol. The third-order valence-corrected chi connectivity index (χ3v) is 2.16. The molecule has 13 heavy (non-hydrogen) atoms. The Balaban J connectivity index is 1.90. The minimum atomic E-state index is 0.330. The molecule has 0 saturated carbocycles. The summed E-state index contributed by atoms with van der Waals surface area (Å²) in [5.74, 6) is 0.714. The van der Waals surface area contributed by atoms with E-state index in [2.05, 4.69) is 16.4 Å². The molecule has 1 saturated heterocycles. The van der Waals surface area contributed by atoms with Gasteiger partial charge in [0.2, 0.25) is 5.88 Å². The van der Waals surface area contributed by atoms with Gasteiger partial charge in [0.15, 0.2) is 0 Å². The van der Waals surface area contributed by atoms with Crippen molar-refractivity contribution in [2.75, 3.05) is 13.1 Å². The Morgan fingerprint density at radius 1 is 1.46 bits per heavy atom. The van der Waals surface area contributed by atoms with Gasteiger partial charge in [0.05, 0.1) is 0 Å². The van der Waals surface area contributed by atoms with E-state index in [1.165, 1.54) is 0 Å². The van der Waals surface area contributed by atoms with Crippen molar-refractivity contribution in [1.82, 2.24) is 10.3 Å². The van der Waals surface area contributed by atoms with Crippen LogP contribution in [0.5, 0.6) is 5.88 Å². The Labute approximate surface area is 78.1 Å². The molecule has 69 valence electrons. The summed E-state index contributed by atoms with van der Waals surface area (Å²) < 4.78 is 5.68. The van der Waals surface area contributed by atoms with Crippen molar-refractivity contribution in [2.45, 2.75) is 18.9 Å². The van der Waals surface area contributed by atoms with E-state index in [0.717, 1.165) is 25.9 Å². The van der Waals surface area contributed by atoms with Gasteiger partial charge in [-0.25, -0.2) is 4.98 Å². The predicted octanol–water partition coefficient (Wildman–Crippen LogP) is 1.01. The fraction of sp³-hybridized carbons (Fsp3) is 0.500. The summed E-state index contributed by atoms with van der Waals surface area (Å²) in [6.07, 6.45) is 4.10. The average Bonchev–Trinajstić information content (AvgIpc) is 2.21. The molecule has 0 amide bonds. The molecule has 0 aromatic carbocycles. The summed E-state index contributed by atoms with van der Waals surface area (Å²) in [4.78, 5) is 4.07. The number of rotatable bonds is 2. The summed E-state index contributed by atoms with van der Waals surface area (Å²) >= 11 is 0. The quantitative estimate of drug-likeness (QED) is 0.732. The maximum Gasteiger partial charge on any atom is 0.213 e. The van der Waals surface area contributed by atoms with E-state index in [-0.39, 0.29) is 0 Å². The van der Waals surface area contributed by atoms with Crippen LogP contribution < -0.4 is 10.1 Å². The smallest absolute Gasteiger partial charge is 0.213 e. The first kappa shape index (κ1) is 8.51. The van der Waals surface area contributed by atoms with Crippen LogP contribution in [0.15, 0.2) is 18.3 Å². The van der Waals surface area contributed by atoms with Crippen LogP contribution in [0.2, 0.25) is 0 Å². The molecule has 0 atom stereocenters. The Kier molecular flexibility index (Phi) is 2.77. The lowest BCUT2D eigenvalue weighted by Gasteiger charge is -2.22. The van der Waals surface area contributed by atoms with Crippen LogP contribution in [0, 0.1) is 6.07 Å². The number of nitrogens with one attached hydrogen (secondary N) is 1. The number of hydrogen-bond donors (Lipinski definition) is 1. The average molecular weight is 177 g/mol. The second kappa shape index (κ2) is 4.23. The monoisotopic (exact) mass is 177 g/mol. The van der Waals surface area contributed by atoms with E-state index >= 15 is 0 Å². The van der Waals surface area contributed by atoms with E-state index in [1.54, 1.807) is 6.20 Å². The molecule has 0 aliphatic carbocycles. The first-order valence-electron chi connectivity index (χ1n) is 4.64. The molecule has 1 aromatic rings. The molecule has 1 aromatic heterocycles. The van der Waals surface area contributed by atoms with Crippen molar-refractivity contribution in [3.05, 3.63) is 24.4 Å². The van der Waals surface area contributed by atoms with Crippen molar-refractivity contribution in [1.29, 1.82) is 0 Å². The lowest BCUT2D eigenvalue weighted by atomic mass is 10.1. The van der Waals surface area contributed by atoms with Gasteiger partial charge in [-0.2, -0.15) is 0 Å². The van der Waals surface area contributed by atoms with Gasteiger partial charge in [0.25, 0.3) is 0 Å². The van der Waals surface area contributed by atoms with E-state index in [9.17, 15) is 0 Å². The van der Waals surface area contributed by atoms with Gasteiger partial charge >= 0.3 is 0 Å². The lowest BCUT2D eigenvalue weighted by Crippen LogP contribution is -2.34. The van der Waals surface area contributed by atoms with Gasteiger partial charge in [-0.15, -0.1) is 0 Å². The molecule has 2 heterocycles. The van der Waals surface area contributed by atoms with Crippen LogP contribution in [0.3, 0.4) is 0 Å². The first-order valence-corrected chi connectivity index (χ1v) is 4.64. The maximum absolute atomic E-state index is 5.68. The summed E-state index contributed by atoms with van der Waals surface area (Å²) in [5.41, 5.74) is 0. The molecular weight excluding hydrogens is 164 g/mol. The van der Waals surface area contributed by atoms with E-state index in [1.807, 2.05) is 12.1 Å². The van der Waals surface area contributed by atoms with Gasteiger partial charge in [-0.05, 0) is 32.0 Å². The molecule has 3 nitrogen and oxygen atoms in total. The molecule has 1 N–H and O–H groups in total. The highest BCUT2D eigenvalue weighted by Gasteiger charge is 2.14. The fourth-order valence-corrected chi connectivity index (χ4v) is 1.46. The zero-order valence-electron chi connectivity index (χ0n) is 7.49. The minimum Gasteiger partial charge on any atom is -0.474 e. The Hall–Kier alpha value is -1.09. The number of piperidine rings is 1. The first-order chi connectivity index (χ1) is 6.45. The summed E-state index contributed by atoms with van der Waals surface area (Å²) in [6, 6.07) is 6.54. The van der Waals surface area contributed by atoms with Crippen molar-refractivity contribution in [2.24, 2.45) is 0 Å². The standard InChI is InChI=1S/C10H13N2O/c1-2-6-12-10(3-1)13-9-4-7-11-8-5-9/h1,3,6,9,11H,4-5,7-8H2. The molecule has 1 aliphatic heterocycles. The molecular formula is C10H13N2O. The third kappa shape index (κ3) is 2.42. The molecule has 1 fully saturated rings. The molecule has 0 unspecified atom stereocenters. The second-order valence-electron chi connectivity index (χ2n) is 3.16. The van der Waals surface area contributed by atoms with Crippen LogP contribution in [0.25, 0.3) is 0 Å². The highest BCUT2D eigenvalue weighted by molar-refractivity contribution is 5.08. The number of nitrogens with zero attached hydrogens (tertiary/aromatic N) is 1. The minimum absolute atomic E-state index is 0.330. The number of hydrogen-bond acceptors (Lipinski definition) is 3. The second-order valence-corrected chi connectivity index (χ2v) is 3.16. The molecule has 1 radical (unpaired) electrons. The normalized spacial score (nSPS) is 18.5. The Morgan fingerprint density at radius 3 is 3.00 bits per heavy atom. The molecule has 3 heteroatoms. The highest BCUT2D eigenvalue weighted by Crippen LogP contribution is 2.12. The Morgan fingerprint density at radius 2 is 2.31 bits per heavy atom.